The predicted octanol–water partition coefficient (Wildman–Crippen LogP) is 3.95. The predicted molar refractivity (Wildman–Crippen MR) is 83.5 cm³/mol. The van der Waals surface area contributed by atoms with Crippen LogP contribution in [-0.4, -0.2) is 19.1 Å². The molecule has 2 N–H and O–H groups in total. The lowest BCUT2D eigenvalue weighted by molar-refractivity contribution is 0.359. The van der Waals surface area contributed by atoms with Crippen molar-refractivity contribution < 1.29 is 4.39 Å². The van der Waals surface area contributed by atoms with Crippen LogP contribution in [0.25, 0.3) is 0 Å². The summed E-state index contributed by atoms with van der Waals surface area (Å²) >= 11 is 0. The van der Waals surface area contributed by atoms with Crippen LogP contribution in [0.2, 0.25) is 0 Å². The Labute approximate surface area is 122 Å². The van der Waals surface area contributed by atoms with E-state index in [1.807, 2.05) is 12.1 Å². The second-order valence-corrected chi connectivity index (χ2v) is 5.79. The number of benzene rings is 1. The largest absolute Gasteiger partial charge is 0.365 e. The van der Waals surface area contributed by atoms with Crippen LogP contribution in [0, 0.1) is 11.7 Å². The number of nitrogens with two attached hydrogens (primary N) is 1. The van der Waals surface area contributed by atoms with Crippen molar-refractivity contribution in [1.29, 1.82) is 0 Å². The van der Waals surface area contributed by atoms with Crippen LogP contribution in [0.5, 0.6) is 0 Å². The fraction of sp³-hybridized carbons (Fsp3) is 0.647. The molecule has 112 valence electrons. The van der Waals surface area contributed by atoms with E-state index in [2.05, 4.69) is 11.8 Å². The molecular formula is C17H27FN2. The first-order chi connectivity index (χ1) is 9.77. The van der Waals surface area contributed by atoms with Gasteiger partial charge in [-0.15, -0.1) is 0 Å². The average molecular weight is 278 g/mol. The number of hydrogen-bond acceptors (Lipinski definition) is 2. The maximum atomic E-state index is 14.1. The number of anilines is 1. The summed E-state index contributed by atoms with van der Waals surface area (Å²) in [5.74, 6) is 0.462. The van der Waals surface area contributed by atoms with Gasteiger partial charge in [0.25, 0.3) is 0 Å². The number of hydrogen-bond donors (Lipinski definition) is 1. The Balaban J connectivity index is 2.20. The molecule has 20 heavy (non-hydrogen) atoms. The van der Waals surface area contributed by atoms with E-state index in [1.54, 1.807) is 12.1 Å². The summed E-state index contributed by atoms with van der Waals surface area (Å²) in [6.45, 7) is 3.50. The Morgan fingerprint density at radius 1 is 1.20 bits per heavy atom. The number of nitrogens with zero attached hydrogens (tertiary/aromatic N) is 1. The Hall–Kier alpha value is -1.09. The SMILES string of the molecule is CCN(c1ccccc1F)C(CN)C1CCCCCC1. The molecule has 0 heterocycles. The first kappa shape index (κ1) is 15.3. The van der Waals surface area contributed by atoms with E-state index in [9.17, 15) is 4.39 Å². The van der Waals surface area contributed by atoms with Crippen molar-refractivity contribution in [1.82, 2.24) is 0 Å². The van der Waals surface area contributed by atoms with Gasteiger partial charge in [-0.05, 0) is 37.8 Å². The first-order valence-corrected chi connectivity index (χ1v) is 7.99. The quantitative estimate of drug-likeness (QED) is 0.826. The van der Waals surface area contributed by atoms with Crippen molar-refractivity contribution in [3.63, 3.8) is 0 Å². The smallest absolute Gasteiger partial charge is 0.146 e. The van der Waals surface area contributed by atoms with Crippen LogP contribution < -0.4 is 10.6 Å². The van der Waals surface area contributed by atoms with Gasteiger partial charge in [-0.2, -0.15) is 0 Å². The van der Waals surface area contributed by atoms with E-state index in [4.69, 9.17) is 5.73 Å². The lowest BCUT2D eigenvalue weighted by Crippen LogP contribution is -2.46. The summed E-state index contributed by atoms with van der Waals surface area (Å²) in [7, 11) is 0. The summed E-state index contributed by atoms with van der Waals surface area (Å²) in [5.41, 5.74) is 6.76. The monoisotopic (exact) mass is 278 g/mol. The molecule has 2 rings (SSSR count). The van der Waals surface area contributed by atoms with Crippen LogP contribution in [0.4, 0.5) is 10.1 Å². The minimum atomic E-state index is -0.138. The highest BCUT2D eigenvalue weighted by Crippen LogP contribution is 2.31. The maximum Gasteiger partial charge on any atom is 0.146 e. The third-order valence-electron chi connectivity index (χ3n) is 4.59. The van der Waals surface area contributed by atoms with Gasteiger partial charge in [0.2, 0.25) is 0 Å². The summed E-state index contributed by atoms with van der Waals surface area (Å²) in [4.78, 5) is 2.17. The Bertz CT molecular complexity index is 400. The van der Waals surface area contributed by atoms with Crippen LogP contribution in [-0.2, 0) is 0 Å². The van der Waals surface area contributed by atoms with Crippen LogP contribution >= 0.6 is 0 Å². The summed E-state index contributed by atoms with van der Waals surface area (Å²) in [5, 5.41) is 0. The molecule has 0 radical (unpaired) electrons. The zero-order valence-corrected chi connectivity index (χ0v) is 12.5. The normalized spacial score (nSPS) is 18.6. The zero-order chi connectivity index (χ0) is 14.4. The second-order valence-electron chi connectivity index (χ2n) is 5.79. The lowest BCUT2D eigenvalue weighted by atomic mass is 9.90. The van der Waals surface area contributed by atoms with Crippen molar-refractivity contribution >= 4 is 5.69 Å². The van der Waals surface area contributed by atoms with E-state index in [-0.39, 0.29) is 11.9 Å². The standard InChI is InChI=1S/C17H27FN2/c1-2-20(16-12-8-7-11-15(16)18)17(13-19)14-9-5-3-4-6-10-14/h7-8,11-12,14,17H,2-6,9-10,13,19H2,1H3. The van der Waals surface area contributed by atoms with E-state index in [0.717, 1.165) is 6.54 Å². The Morgan fingerprint density at radius 2 is 1.85 bits per heavy atom. The molecule has 0 bridgehead atoms. The van der Waals surface area contributed by atoms with Gasteiger partial charge in [-0.3, -0.25) is 0 Å². The summed E-state index contributed by atoms with van der Waals surface area (Å²) < 4.78 is 14.1. The lowest BCUT2D eigenvalue weighted by Gasteiger charge is -2.37. The Morgan fingerprint density at radius 3 is 2.40 bits per heavy atom. The fourth-order valence-corrected chi connectivity index (χ4v) is 3.54. The molecule has 0 aromatic heterocycles. The highest BCUT2D eigenvalue weighted by atomic mass is 19.1. The third-order valence-corrected chi connectivity index (χ3v) is 4.59. The number of likely N-dealkylation sites (N-methyl/N-ethyl adjacent to an activating group) is 1. The minimum absolute atomic E-state index is 0.138. The zero-order valence-electron chi connectivity index (χ0n) is 12.5. The molecule has 2 nitrogen and oxygen atoms in total. The third kappa shape index (κ3) is 3.51. The molecule has 1 unspecified atom stereocenters. The number of halogens is 1. The van der Waals surface area contributed by atoms with Gasteiger partial charge in [0.15, 0.2) is 0 Å². The van der Waals surface area contributed by atoms with Crippen LogP contribution in [0.1, 0.15) is 45.4 Å². The first-order valence-electron chi connectivity index (χ1n) is 7.99. The molecule has 1 saturated carbocycles. The van der Waals surface area contributed by atoms with Gasteiger partial charge in [0.05, 0.1) is 5.69 Å². The molecule has 1 aliphatic carbocycles. The van der Waals surface area contributed by atoms with Crippen LogP contribution in [0.15, 0.2) is 24.3 Å². The van der Waals surface area contributed by atoms with Gasteiger partial charge in [-0.1, -0.05) is 37.8 Å². The van der Waals surface area contributed by atoms with Gasteiger partial charge in [0.1, 0.15) is 5.82 Å². The van der Waals surface area contributed by atoms with Crippen molar-refractivity contribution in [2.75, 3.05) is 18.0 Å². The molecule has 1 fully saturated rings. The van der Waals surface area contributed by atoms with E-state index in [0.29, 0.717) is 18.2 Å². The maximum absolute atomic E-state index is 14.1. The second kappa shape index (κ2) is 7.63. The number of rotatable bonds is 5. The molecule has 1 aromatic carbocycles. The molecule has 1 atom stereocenters. The molecule has 0 saturated heterocycles. The molecule has 1 aliphatic rings. The topological polar surface area (TPSA) is 29.3 Å². The summed E-state index contributed by atoms with van der Waals surface area (Å²) in [6, 6.07) is 7.32. The van der Waals surface area contributed by atoms with E-state index >= 15 is 0 Å². The van der Waals surface area contributed by atoms with Crippen molar-refractivity contribution in [2.45, 2.75) is 51.5 Å². The van der Waals surface area contributed by atoms with E-state index in [1.165, 1.54) is 38.5 Å². The Kier molecular flexibility index (Phi) is 5.84. The fourth-order valence-electron chi connectivity index (χ4n) is 3.54. The molecule has 0 spiro atoms. The van der Waals surface area contributed by atoms with Gasteiger partial charge >= 0.3 is 0 Å². The van der Waals surface area contributed by atoms with Crippen molar-refractivity contribution in [3.8, 4) is 0 Å². The highest BCUT2D eigenvalue weighted by Gasteiger charge is 2.27. The van der Waals surface area contributed by atoms with E-state index < -0.39 is 0 Å². The van der Waals surface area contributed by atoms with Crippen molar-refractivity contribution in [3.05, 3.63) is 30.1 Å². The number of para-hydroxylation sites is 1. The minimum Gasteiger partial charge on any atom is -0.365 e. The van der Waals surface area contributed by atoms with Gasteiger partial charge in [-0.25, -0.2) is 4.39 Å². The molecule has 3 heteroatoms. The summed E-state index contributed by atoms with van der Waals surface area (Å²) in [6.07, 6.45) is 7.70. The highest BCUT2D eigenvalue weighted by molar-refractivity contribution is 5.48. The van der Waals surface area contributed by atoms with Crippen LogP contribution in [0.3, 0.4) is 0 Å². The molecule has 0 amide bonds. The van der Waals surface area contributed by atoms with Gasteiger partial charge < -0.3 is 10.6 Å². The molecule has 0 aliphatic heterocycles. The van der Waals surface area contributed by atoms with Crippen molar-refractivity contribution in [2.24, 2.45) is 11.7 Å². The molecule has 1 aromatic rings. The van der Waals surface area contributed by atoms with Gasteiger partial charge in [0, 0.05) is 19.1 Å². The average Bonchev–Trinajstić information content (AvgIpc) is 2.74. The molecular weight excluding hydrogens is 251 g/mol.